The van der Waals surface area contributed by atoms with Crippen LogP contribution in [-0.2, 0) is 14.2 Å². The number of benzene rings is 4. The van der Waals surface area contributed by atoms with Gasteiger partial charge in [0, 0.05) is 43.8 Å². The quantitative estimate of drug-likeness (QED) is 0.0648. The molecule has 0 aliphatic carbocycles. The second kappa shape index (κ2) is 26.9. The molecule has 0 fully saturated rings. The molecule has 3 aromatic heterocycles. The van der Waals surface area contributed by atoms with Crippen molar-refractivity contribution in [1.82, 2.24) is 39.9 Å². The monoisotopic (exact) mass is 1050 g/mol. The topological polar surface area (TPSA) is 183 Å². The van der Waals surface area contributed by atoms with Crippen molar-refractivity contribution in [2.24, 2.45) is 0 Å². The normalized spacial score (nSPS) is 14.0. The highest BCUT2D eigenvalue weighted by Crippen LogP contribution is 2.42. The van der Waals surface area contributed by atoms with Gasteiger partial charge in [-0.1, -0.05) is 97.8 Å². The van der Waals surface area contributed by atoms with Gasteiger partial charge in [-0.25, -0.2) is 29.9 Å². The Balaban J connectivity index is 1.16. The summed E-state index contributed by atoms with van der Waals surface area (Å²) in [5.74, 6) is 5.18. The van der Waals surface area contributed by atoms with Gasteiger partial charge in [-0.2, -0.15) is 0 Å². The molecule has 3 aliphatic heterocycles. The van der Waals surface area contributed by atoms with E-state index in [0.717, 1.165) is 99.6 Å². The Labute approximate surface area is 451 Å². The van der Waals surface area contributed by atoms with Crippen molar-refractivity contribution in [1.29, 1.82) is 0 Å². The van der Waals surface area contributed by atoms with Crippen LogP contribution in [0.3, 0.4) is 0 Å². The summed E-state index contributed by atoms with van der Waals surface area (Å²) in [4.78, 5) is 39.0. The number of H-pyrrole nitrogens is 2. The van der Waals surface area contributed by atoms with E-state index in [2.05, 4.69) is 30.7 Å². The molecule has 0 unspecified atom stereocenters. The molecular formula is C61H74N8O8. The van der Waals surface area contributed by atoms with Gasteiger partial charge in [0.15, 0.2) is 34.8 Å². The molecule has 406 valence electrons. The van der Waals surface area contributed by atoms with Gasteiger partial charge >= 0.3 is 0 Å². The van der Waals surface area contributed by atoms with Crippen LogP contribution in [0, 0.1) is 0 Å². The predicted octanol–water partition coefficient (Wildman–Crippen LogP) is 13.7. The van der Waals surface area contributed by atoms with Gasteiger partial charge in [-0.15, -0.1) is 0 Å². The van der Waals surface area contributed by atoms with Gasteiger partial charge in [-0.05, 0) is 86.0 Å². The third kappa shape index (κ3) is 13.5. The second-order valence-corrected chi connectivity index (χ2v) is 19.9. The van der Waals surface area contributed by atoms with Crippen LogP contribution in [0.2, 0.25) is 0 Å². The number of fused-ring (bicyclic) bond motifs is 21. The van der Waals surface area contributed by atoms with E-state index in [9.17, 15) is 0 Å². The Bertz CT molecular complexity index is 3270. The Morgan fingerprint density at radius 3 is 1.13 bits per heavy atom. The van der Waals surface area contributed by atoms with E-state index in [0.29, 0.717) is 117 Å². The maximum absolute atomic E-state index is 6.43. The molecule has 16 nitrogen and oxygen atoms in total. The first kappa shape index (κ1) is 53.5. The van der Waals surface area contributed by atoms with Crippen molar-refractivity contribution in [2.45, 2.75) is 117 Å². The lowest BCUT2D eigenvalue weighted by molar-refractivity contribution is 0.00708. The van der Waals surface area contributed by atoms with E-state index in [1.54, 1.807) is 0 Å². The summed E-state index contributed by atoms with van der Waals surface area (Å²) in [5.41, 5.74) is 5.39. The summed E-state index contributed by atoms with van der Waals surface area (Å²) in [6.07, 6.45) is 17.2. The lowest BCUT2D eigenvalue weighted by Crippen LogP contribution is -2.13. The number of ether oxygens (including phenoxy) is 8. The summed E-state index contributed by atoms with van der Waals surface area (Å²) in [6.45, 7) is 11.7. The fourth-order valence-electron chi connectivity index (χ4n) is 9.88. The third-order valence-electron chi connectivity index (χ3n) is 14.1. The molecule has 0 saturated carbocycles. The van der Waals surface area contributed by atoms with Crippen LogP contribution in [0.25, 0.3) is 89.7 Å². The highest BCUT2D eigenvalue weighted by atomic mass is 16.6. The molecule has 0 atom stereocenters. The van der Waals surface area contributed by atoms with E-state index in [1.165, 1.54) is 57.8 Å². The maximum atomic E-state index is 6.43. The molecule has 8 bridgehead atoms. The smallest absolute Gasteiger partial charge is 0.164 e. The number of aromatic amines is 2. The van der Waals surface area contributed by atoms with E-state index < -0.39 is 0 Å². The number of unbranched alkanes of at least 4 members (excludes halogenated alkanes) is 12. The van der Waals surface area contributed by atoms with E-state index >= 15 is 0 Å². The largest absolute Gasteiger partial charge is 0.494 e. The molecule has 0 saturated heterocycles. The molecule has 6 heterocycles. The lowest BCUT2D eigenvalue weighted by atomic mass is 10.1. The molecule has 0 radical (unpaired) electrons. The van der Waals surface area contributed by atoms with Crippen LogP contribution in [0.5, 0.6) is 28.7 Å². The maximum Gasteiger partial charge on any atom is 0.164 e. The minimum Gasteiger partial charge on any atom is -0.494 e. The van der Waals surface area contributed by atoms with Crippen molar-refractivity contribution >= 4 is 44.1 Å². The van der Waals surface area contributed by atoms with Crippen molar-refractivity contribution < 1.29 is 37.9 Å². The SMILES string of the molecule is CCCCCCCOc1ccc2c(c1)-c1nc-2nc2[nH]c(nc3nc(nc4[nH]c(n1)c1ccc(OCCCCCCC)cc41)-c1ccc(OCCCCCCC)cc1-3)c1cc3c(cc21)OCCOCCOCCOCCO3. The van der Waals surface area contributed by atoms with Crippen LogP contribution in [0.4, 0.5) is 0 Å². The molecule has 2 N–H and O–H groups in total. The average Bonchev–Trinajstić information content (AvgIpc) is 4.19. The van der Waals surface area contributed by atoms with Gasteiger partial charge in [0.25, 0.3) is 0 Å². The van der Waals surface area contributed by atoms with Gasteiger partial charge in [0.1, 0.15) is 53.1 Å². The molecule has 7 aromatic rings. The first-order valence-electron chi connectivity index (χ1n) is 28.4. The van der Waals surface area contributed by atoms with Gasteiger partial charge < -0.3 is 47.9 Å². The van der Waals surface area contributed by atoms with Gasteiger partial charge in [-0.3, -0.25) is 0 Å². The number of nitrogens with zero attached hydrogens (tertiary/aromatic N) is 6. The minimum absolute atomic E-state index is 0.287. The molecular weight excluding hydrogens is 973 g/mol. The van der Waals surface area contributed by atoms with Crippen LogP contribution in [0.1, 0.15) is 117 Å². The summed E-state index contributed by atoms with van der Waals surface area (Å²) >= 11 is 0. The fraction of sp³-hybridized carbons (Fsp3) is 0.475. The number of hydrogen-bond donors (Lipinski definition) is 2. The molecule has 4 aromatic carbocycles. The molecule has 0 spiro atoms. The number of aromatic nitrogens is 8. The van der Waals surface area contributed by atoms with Crippen molar-refractivity contribution in [3.05, 3.63) is 66.7 Å². The molecule has 77 heavy (non-hydrogen) atoms. The number of hydrogen-bond acceptors (Lipinski definition) is 14. The number of rotatable bonds is 21. The first-order valence-corrected chi connectivity index (χ1v) is 28.4. The van der Waals surface area contributed by atoms with E-state index in [-0.39, 0.29) is 13.2 Å². The highest BCUT2D eigenvalue weighted by Gasteiger charge is 2.25. The molecule has 10 rings (SSSR count). The Morgan fingerprint density at radius 2 is 0.701 bits per heavy atom. The standard InChI is InChI=1S/C61H74N8O8/c1-4-7-10-13-16-25-73-41-19-22-44-47(36-41)57-62-54(44)63-58-48-37-42(74-26-17-14-11-8-5-2)20-23-45(48)56(65-58)67-60-50-39-52-53(77-35-33-72-31-29-70-28-30-71-32-34-76-52)40-51(50)61(69-60)68-59-49-38-43(75-27-18-15-12-9-6-3)21-24-46(49)55(64-57)66-59/h19-24,36-40H,4-18,25-35H2,1-3H3,(H2,62,63,64,65,66,67,68,69). The van der Waals surface area contributed by atoms with Gasteiger partial charge in [0.05, 0.1) is 59.5 Å². The summed E-state index contributed by atoms with van der Waals surface area (Å²) in [6, 6.07) is 22.1. The zero-order chi connectivity index (χ0) is 52.6. The minimum atomic E-state index is 0.287. The van der Waals surface area contributed by atoms with Crippen LogP contribution < -0.4 is 23.7 Å². The summed E-state index contributed by atoms with van der Waals surface area (Å²) in [7, 11) is 0. The molecule has 3 aliphatic rings. The van der Waals surface area contributed by atoms with Crippen LogP contribution in [-0.4, -0.2) is 113 Å². The van der Waals surface area contributed by atoms with Crippen molar-refractivity contribution in [3.63, 3.8) is 0 Å². The zero-order valence-electron chi connectivity index (χ0n) is 45.2. The Morgan fingerprint density at radius 1 is 0.351 bits per heavy atom. The second-order valence-electron chi connectivity index (χ2n) is 19.9. The molecule has 0 amide bonds. The Kier molecular flexibility index (Phi) is 18.7. The van der Waals surface area contributed by atoms with Crippen molar-refractivity contribution in [3.8, 4) is 74.3 Å². The van der Waals surface area contributed by atoms with E-state index in [4.69, 9.17) is 67.8 Å². The average molecular weight is 1050 g/mol. The summed E-state index contributed by atoms with van der Waals surface area (Å²) in [5, 5.41) is 3.17. The third-order valence-corrected chi connectivity index (χ3v) is 14.1. The van der Waals surface area contributed by atoms with E-state index in [1.807, 2.05) is 66.7 Å². The summed E-state index contributed by atoms with van der Waals surface area (Å²) < 4.78 is 49.3. The van der Waals surface area contributed by atoms with Crippen molar-refractivity contribution in [2.75, 3.05) is 72.7 Å². The highest BCUT2D eigenvalue weighted by molar-refractivity contribution is 6.07. The van der Waals surface area contributed by atoms with Crippen LogP contribution >= 0.6 is 0 Å². The number of nitrogens with one attached hydrogen (secondary N) is 2. The Hall–Kier alpha value is -6.88. The zero-order valence-corrected chi connectivity index (χ0v) is 45.2. The fourth-order valence-corrected chi connectivity index (χ4v) is 9.88. The lowest BCUT2D eigenvalue weighted by Gasteiger charge is -2.13. The molecule has 16 heteroatoms. The van der Waals surface area contributed by atoms with Crippen LogP contribution in [0.15, 0.2) is 66.7 Å². The first-order chi connectivity index (χ1) is 38.1. The van der Waals surface area contributed by atoms with Gasteiger partial charge in [0.2, 0.25) is 0 Å². The predicted molar refractivity (Wildman–Crippen MR) is 302 cm³/mol.